The van der Waals surface area contributed by atoms with Gasteiger partial charge >= 0.3 is 0 Å². The third kappa shape index (κ3) is 2.09. The van der Waals surface area contributed by atoms with Crippen LogP contribution in [0.25, 0.3) is 0 Å². The Kier molecular flexibility index (Phi) is 3.10. The molecular weight excluding hydrogens is 248 g/mol. The van der Waals surface area contributed by atoms with Gasteiger partial charge in [0.2, 0.25) is 5.91 Å². The van der Waals surface area contributed by atoms with E-state index in [2.05, 4.69) is 17.6 Å². The second-order valence-electron chi connectivity index (χ2n) is 8.16. The van der Waals surface area contributed by atoms with Crippen LogP contribution in [-0.2, 0) is 4.79 Å². The molecule has 0 aromatic carbocycles. The molecule has 5 fully saturated rings. The van der Waals surface area contributed by atoms with Crippen molar-refractivity contribution in [1.29, 1.82) is 0 Å². The average Bonchev–Trinajstić information content (AvgIpc) is 2.90. The van der Waals surface area contributed by atoms with Crippen molar-refractivity contribution in [3.8, 4) is 0 Å². The molecule has 4 saturated carbocycles. The first-order valence-electron chi connectivity index (χ1n) is 8.68. The monoisotopic (exact) mass is 276 g/mol. The normalized spacial score (nSPS) is 47.5. The van der Waals surface area contributed by atoms with Crippen LogP contribution >= 0.6 is 0 Å². The minimum atomic E-state index is 0.0753. The molecule has 0 aromatic heterocycles. The Morgan fingerprint density at radius 2 is 1.75 bits per heavy atom. The van der Waals surface area contributed by atoms with Gasteiger partial charge in [0.1, 0.15) is 0 Å². The van der Waals surface area contributed by atoms with Crippen molar-refractivity contribution in [1.82, 2.24) is 10.6 Å². The molecule has 0 radical (unpaired) electrons. The number of hydrogen-bond donors (Lipinski definition) is 2. The van der Waals surface area contributed by atoms with Crippen LogP contribution in [0.1, 0.15) is 58.3 Å². The van der Waals surface area contributed by atoms with Gasteiger partial charge in [0.05, 0.1) is 6.04 Å². The molecule has 5 aliphatic rings. The molecule has 3 heteroatoms. The lowest BCUT2D eigenvalue weighted by molar-refractivity contribution is -0.127. The van der Waals surface area contributed by atoms with Crippen molar-refractivity contribution in [2.45, 2.75) is 70.4 Å². The van der Waals surface area contributed by atoms with E-state index in [0.29, 0.717) is 11.5 Å². The summed E-state index contributed by atoms with van der Waals surface area (Å²) in [4.78, 5) is 12.4. The molecule has 1 aliphatic heterocycles. The smallest absolute Gasteiger partial charge is 0.237 e. The van der Waals surface area contributed by atoms with Gasteiger partial charge in [-0.3, -0.25) is 4.79 Å². The lowest BCUT2D eigenvalue weighted by Crippen LogP contribution is -2.57. The second-order valence-corrected chi connectivity index (χ2v) is 8.16. The van der Waals surface area contributed by atoms with Crippen molar-refractivity contribution < 1.29 is 4.79 Å². The van der Waals surface area contributed by atoms with E-state index in [4.69, 9.17) is 0 Å². The molecule has 1 unspecified atom stereocenters. The zero-order chi connectivity index (χ0) is 13.7. The summed E-state index contributed by atoms with van der Waals surface area (Å²) in [6.07, 6.45) is 10.7. The van der Waals surface area contributed by atoms with E-state index in [9.17, 15) is 4.79 Å². The molecule has 20 heavy (non-hydrogen) atoms. The maximum Gasteiger partial charge on any atom is 0.237 e. The van der Waals surface area contributed by atoms with Crippen molar-refractivity contribution in [2.75, 3.05) is 6.54 Å². The summed E-state index contributed by atoms with van der Waals surface area (Å²) in [5.41, 5.74) is 0.434. The molecule has 1 amide bonds. The molecule has 2 atom stereocenters. The molecule has 1 heterocycles. The van der Waals surface area contributed by atoms with Crippen LogP contribution in [0.2, 0.25) is 0 Å². The van der Waals surface area contributed by atoms with Gasteiger partial charge in [0.25, 0.3) is 0 Å². The van der Waals surface area contributed by atoms with E-state index >= 15 is 0 Å². The van der Waals surface area contributed by atoms with Gasteiger partial charge in [-0.25, -0.2) is 0 Å². The molecule has 5 rings (SSSR count). The van der Waals surface area contributed by atoms with Crippen molar-refractivity contribution in [3.63, 3.8) is 0 Å². The number of nitrogens with one attached hydrogen (secondary N) is 2. The van der Waals surface area contributed by atoms with Crippen LogP contribution in [0, 0.1) is 23.2 Å². The standard InChI is InChI=1S/C17H28N2O/c1-11(19-16(20)15-3-2-4-18-15)17-8-12-5-13(9-17)7-14(6-12)10-17/h11-15,18H,2-10H2,1H3,(H,19,20)/t11?,12?,13?,14?,15-,17?/m1/s1. The number of amides is 1. The molecule has 0 aromatic rings. The topological polar surface area (TPSA) is 41.1 Å². The first-order chi connectivity index (χ1) is 9.64. The Hall–Kier alpha value is -0.570. The first kappa shape index (κ1) is 13.1. The number of carbonyl (C=O) groups excluding carboxylic acids is 1. The highest BCUT2D eigenvalue weighted by molar-refractivity contribution is 5.82. The Bertz CT molecular complexity index is 365. The lowest BCUT2D eigenvalue weighted by Gasteiger charge is -2.59. The van der Waals surface area contributed by atoms with Crippen molar-refractivity contribution in [3.05, 3.63) is 0 Å². The van der Waals surface area contributed by atoms with Crippen molar-refractivity contribution in [2.24, 2.45) is 23.2 Å². The summed E-state index contributed by atoms with van der Waals surface area (Å²) in [6.45, 7) is 3.28. The molecule has 3 nitrogen and oxygen atoms in total. The van der Waals surface area contributed by atoms with Crippen LogP contribution in [0.15, 0.2) is 0 Å². The van der Waals surface area contributed by atoms with E-state index in [1.807, 2.05) is 0 Å². The van der Waals surface area contributed by atoms with Gasteiger partial charge in [-0.2, -0.15) is 0 Å². The van der Waals surface area contributed by atoms with E-state index in [0.717, 1.165) is 37.1 Å². The Morgan fingerprint density at radius 1 is 1.15 bits per heavy atom. The van der Waals surface area contributed by atoms with Gasteiger partial charge in [-0.15, -0.1) is 0 Å². The highest BCUT2D eigenvalue weighted by Crippen LogP contribution is 2.61. The van der Waals surface area contributed by atoms with Crippen LogP contribution in [-0.4, -0.2) is 24.5 Å². The van der Waals surface area contributed by atoms with Crippen LogP contribution in [0.4, 0.5) is 0 Å². The zero-order valence-electron chi connectivity index (χ0n) is 12.7. The van der Waals surface area contributed by atoms with Crippen LogP contribution in [0.5, 0.6) is 0 Å². The second kappa shape index (κ2) is 4.72. The summed E-state index contributed by atoms with van der Waals surface area (Å²) in [7, 11) is 0. The predicted molar refractivity (Wildman–Crippen MR) is 79.2 cm³/mol. The number of rotatable bonds is 3. The lowest BCUT2D eigenvalue weighted by atomic mass is 9.48. The highest BCUT2D eigenvalue weighted by Gasteiger charge is 2.53. The van der Waals surface area contributed by atoms with Gasteiger partial charge in [0.15, 0.2) is 0 Å². The zero-order valence-corrected chi connectivity index (χ0v) is 12.7. The average molecular weight is 276 g/mol. The van der Waals surface area contributed by atoms with Crippen LogP contribution in [0.3, 0.4) is 0 Å². The maximum atomic E-state index is 12.4. The minimum absolute atomic E-state index is 0.0753. The molecule has 2 N–H and O–H groups in total. The summed E-state index contributed by atoms with van der Waals surface area (Å²) >= 11 is 0. The van der Waals surface area contributed by atoms with Gasteiger partial charge in [-0.1, -0.05) is 0 Å². The Labute approximate surface area is 122 Å². The third-order valence-corrected chi connectivity index (χ3v) is 6.74. The predicted octanol–water partition coefficient (Wildman–Crippen LogP) is 2.46. The molecule has 0 spiro atoms. The Morgan fingerprint density at radius 3 is 2.25 bits per heavy atom. The van der Waals surface area contributed by atoms with E-state index < -0.39 is 0 Å². The van der Waals surface area contributed by atoms with E-state index in [1.54, 1.807) is 0 Å². The SMILES string of the molecule is CC(NC(=O)[C@H]1CCCN1)C12CC3CC(CC(C3)C1)C2. The van der Waals surface area contributed by atoms with Gasteiger partial charge < -0.3 is 10.6 Å². The quantitative estimate of drug-likeness (QED) is 0.831. The number of hydrogen-bond acceptors (Lipinski definition) is 2. The summed E-state index contributed by atoms with van der Waals surface area (Å²) in [5, 5.41) is 6.70. The summed E-state index contributed by atoms with van der Waals surface area (Å²) in [5.74, 6) is 3.14. The fraction of sp³-hybridized carbons (Fsp3) is 0.941. The van der Waals surface area contributed by atoms with E-state index in [-0.39, 0.29) is 11.9 Å². The van der Waals surface area contributed by atoms with Gasteiger partial charge in [0, 0.05) is 6.04 Å². The highest BCUT2D eigenvalue weighted by atomic mass is 16.2. The van der Waals surface area contributed by atoms with Gasteiger partial charge in [-0.05, 0) is 88.0 Å². The number of carbonyl (C=O) groups is 1. The molecule has 4 aliphatic carbocycles. The molecule has 112 valence electrons. The van der Waals surface area contributed by atoms with Crippen LogP contribution < -0.4 is 10.6 Å². The van der Waals surface area contributed by atoms with E-state index in [1.165, 1.54) is 38.5 Å². The fourth-order valence-corrected chi connectivity index (χ4v) is 6.08. The largest absolute Gasteiger partial charge is 0.352 e. The molecule has 4 bridgehead atoms. The van der Waals surface area contributed by atoms with Crippen molar-refractivity contribution >= 4 is 5.91 Å². The first-order valence-corrected chi connectivity index (χ1v) is 8.68. The summed E-state index contributed by atoms with van der Waals surface area (Å²) in [6, 6.07) is 0.442. The minimum Gasteiger partial charge on any atom is -0.352 e. The third-order valence-electron chi connectivity index (χ3n) is 6.74. The fourth-order valence-electron chi connectivity index (χ4n) is 6.08. The molecular formula is C17H28N2O. The summed E-state index contributed by atoms with van der Waals surface area (Å²) < 4.78 is 0. The Balaban J connectivity index is 1.45. The molecule has 1 saturated heterocycles. The maximum absolute atomic E-state index is 12.4.